The fraction of sp³-hybridized carbons (Fsp3) is 0.353. The van der Waals surface area contributed by atoms with E-state index in [2.05, 4.69) is 103 Å². The first-order chi connectivity index (χ1) is 27.3. The Bertz CT molecular complexity index is 2370. The zero-order valence-electron chi connectivity index (χ0n) is 34.0. The van der Waals surface area contributed by atoms with Gasteiger partial charge in [-0.15, -0.1) is 18.2 Å². The summed E-state index contributed by atoms with van der Waals surface area (Å²) in [5, 5.41) is 2.07. The number of fused-ring (bicyclic) bond motifs is 3. The number of nitrogens with zero attached hydrogens (tertiary/aromatic N) is 3. The fourth-order valence-corrected chi connectivity index (χ4v) is 12.4. The molecule has 2 saturated carbocycles. The molecule has 2 aliphatic carbocycles. The number of benzene rings is 3. The van der Waals surface area contributed by atoms with Crippen LogP contribution < -0.4 is 4.40 Å². The van der Waals surface area contributed by atoms with Gasteiger partial charge in [-0.05, 0) is 48.6 Å². The molecule has 1 radical (unpaired) electrons. The quantitative estimate of drug-likeness (QED) is 0.112. The van der Waals surface area contributed by atoms with Crippen molar-refractivity contribution in [2.45, 2.75) is 101 Å². The molecule has 57 heavy (non-hydrogen) atoms. The first-order valence-corrected chi connectivity index (χ1v) is 28.4. The number of pyridine rings is 3. The molecule has 1 atom stereocenters. The molecule has 2 fully saturated rings. The number of aromatic nitrogens is 3. The molecule has 4 nitrogen and oxygen atoms in total. The molecule has 0 amide bonds. The predicted octanol–water partition coefficient (Wildman–Crippen LogP) is 13.4. The summed E-state index contributed by atoms with van der Waals surface area (Å²) in [7, 11) is 0. The molecule has 9 rings (SSSR count). The Hall–Kier alpha value is -3.90. The van der Waals surface area contributed by atoms with Crippen molar-refractivity contribution in [3.63, 3.8) is 0 Å². The number of furan rings is 1. The molecule has 0 spiro atoms. The molecular weight excluding hydrogens is 935 g/mol. The van der Waals surface area contributed by atoms with Crippen LogP contribution in [0.2, 0.25) is 17.3 Å². The van der Waals surface area contributed by atoms with Gasteiger partial charge < -0.3 is 9.40 Å². The largest absolute Gasteiger partial charge is 0 e. The SMILES string of the molecule is CC(c1ccnc(-c2[c-]ccc3c2oc2nc(-c4ccccc4)ccc23)c1)C1CCCCC1.[CH3][Ge]([CH3])([CH3])[c]1cnc(-c2[c-]cccc2)cc1CC1CCCCC1.[Ir]. The second kappa shape index (κ2) is 18.8. The summed E-state index contributed by atoms with van der Waals surface area (Å²) >= 11 is -1.89. The standard InChI is InChI=1S/C30H27N2O.C21H28GeN.Ir/c1-20(21-9-4-2-5-10-21)23-17-18-31-28(19-23)26-14-8-13-24-25-15-16-27(22-11-6-3-7-12-22)32-30(25)33-29(24)26;1-22(2,3)20-16-23-21(18-12-8-5-9-13-18)15-19(20)14-17-10-6-4-7-11-17;/h3,6-8,11-13,15-21H,2,4-5,9-10H2,1H3;5,8-9,12,15-17H,4,6-7,10-11,14H2,1-3H3;/q2*-1;. The van der Waals surface area contributed by atoms with Crippen molar-refractivity contribution in [1.82, 2.24) is 15.0 Å². The van der Waals surface area contributed by atoms with Gasteiger partial charge in [0.15, 0.2) is 0 Å². The first kappa shape index (κ1) is 41.3. The minimum Gasteiger partial charge on any atom is 0 e. The van der Waals surface area contributed by atoms with E-state index in [9.17, 15) is 0 Å². The monoisotopic (exact) mass is 992 g/mol. The molecule has 7 aromatic rings. The third kappa shape index (κ3) is 9.70. The van der Waals surface area contributed by atoms with Gasteiger partial charge in [0, 0.05) is 37.3 Å². The summed E-state index contributed by atoms with van der Waals surface area (Å²) in [6, 6.07) is 40.1. The van der Waals surface area contributed by atoms with Gasteiger partial charge in [-0.1, -0.05) is 79.1 Å². The van der Waals surface area contributed by atoms with Gasteiger partial charge in [0.2, 0.25) is 5.71 Å². The van der Waals surface area contributed by atoms with Crippen LogP contribution in [0.3, 0.4) is 0 Å². The van der Waals surface area contributed by atoms with E-state index in [0.29, 0.717) is 11.6 Å². The Balaban J connectivity index is 0.000000183. The topological polar surface area (TPSA) is 51.8 Å². The van der Waals surface area contributed by atoms with Crippen molar-refractivity contribution >= 4 is 39.7 Å². The molecule has 0 N–H and O–H groups in total. The number of rotatable bonds is 8. The average Bonchev–Trinajstić information content (AvgIpc) is 3.63. The van der Waals surface area contributed by atoms with Crippen LogP contribution in [0, 0.1) is 24.0 Å². The molecule has 1 unspecified atom stereocenters. The van der Waals surface area contributed by atoms with Gasteiger partial charge in [-0.2, -0.15) is 0 Å². The van der Waals surface area contributed by atoms with Crippen molar-refractivity contribution in [3.05, 3.63) is 133 Å². The summed E-state index contributed by atoms with van der Waals surface area (Å²) in [4.78, 5) is 14.3. The molecular formula is C51H55GeIrN3O-2. The van der Waals surface area contributed by atoms with E-state index < -0.39 is 13.3 Å². The minimum absolute atomic E-state index is 0. The maximum Gasteiger partial charge on any atom is 0 e. The van der Waals surface area contributed by atoms with E-state index in [1.807, 2.05) is 42.6 Å². The zero-order chi connectivity index (χ0) is 38.5. The van der Waals surface area contributed by atoms with E-state index >= 15 is 0 Å². The second-order valence-electron chi connectivity index (χ2n) is 17.2. The molecule has 4 aromatic heterocycles. The third-order valence-electron chi connectivity index (χ3n) is 12.3. The molecule has 3 aromatic carbocycles. The van der Waals surface area contributed by atoms with Gasteiger partial charge in [0.1, 0.15) is 0 Å². The third-order valence-corrected chi connectivity index (χ3v) is 16.6. The van der Waals surface area contributed by atoms with Crippen molar-refractivity contribution in [2.24, 2.45) is 11.8 Å². The van der Waals surface area contributed by atoms with Gasteiger partial charge >= 0.3 is 144 Å². The maximum atomic E-state index is 6.33. The smallest absolute Gasteiger partial charge is 0 e. The Labute approximate surface area is 356 Å². The van der Waals surface area contributed by atoms with Crippen LogP contribution in [0.5, 0.6) is 0 Å². The van der Waals surface area contributed by atoms with Crippen molar-refractivity contribution in [3.8, 4) is 33.8 Å². The van der Waals surface area contributed by atoms with E-state index in [-0.39, 0.29) is 20.1 Å². The van der Waals surface area contributed by atoms with Crippen molar-refractivity contribution in [1.29, 1.82) is 0 Å². The Morgan fingerprint density at radius 2 is 1.47 bits per heavy atom. The van der Waals surface area contributed by atoms with Crippen LogP contribution >= 0.6 is 0 Å². The molecule has 0 bridgehead atoms. The Morgan fingerprint density at radius 3 is 2.21 bits per heavy atom. The molecule has 2 aliphatic rings. The average molecular weight is 991 g/mol. The van der Waals surface area contributed by atoms with E-state index in [0.717, 1.165) is 62.0 Å². The van der Waals surface area contributed by atoms with Crippen LogP contribution in [-0.2, 0) is 26.5 Å². The van der Waals surface area contributed by atoms with Crippen LogP contribution in [-0.4, -0.2) is 28.2 Å². The fourth-order valence-electron chi connectivity index (χ4n) is 9.10. The number of hydrogen-bond donors (Lipinski definition) is 0. The van der Waals surface area contributed by atoms with Crippen LogP contribution in [0.15, 0.2) is 114 Å². The number of hydrogen-bond acceptors (Lipinski definition) is 4. The van der Waals surface area contributed by atoms with Gasteiger partial charge in [-0.25, -0.2) is 4.98 Å². The maximum absolute atomic E-state index is 6.33. The normalized spacial score (nSPS) is 15.8. The van der Waals surface area contributed by atoms with E-state index in [4.69, 9.17) is 19.4 Å². The second-order valence-corrected chi connectivity index (χ2v) is 27.8. The summed E-state index contributed by atoms with van der Waals surface area (Å²) in [5.74, 6) is 9.63. The van der Waals surface area contributed by atoms with Crippen LogP contribution in [0.1, 0.15) is 88.2 Å². The van der Waals surface area contributed by atoms with Gasteiger partial charge in [0.05, 0.1) is 11.3 Å². The summed E-state index contributed by atoms with van der Waals surface area (Å²) in [6.07, 6.45) is 19.2. The van der Waals surface area contributed by atoms with Crippen LogP contribution in [0.4, 0.5) is 0 Å². The summed E-state index contributed by atoms with van der Waals surface area (Å²) < 4.78 is 7.93. The molecule has 0 aliphatic heterocycles. The molecule has 295 valence electrons. The van der Waals surface area contributed by atoms with Crippen LogP contribution in [0.25, 0.3) is 55.8 Å². The Kier molecular flexibility index (Phi) is 13.6. The van der Waals surface area contributed by atoms with E-state index in [1.54, 1.807) is 9.96 Å². The summed E-state index contributed by atoms with van der Waals surface area (Å²) in [6.45, 7) is 2.37. The first-order valence-electron chi connectivity index (χ1n) is 21.0. The summed E-state index contributed by atoms with van der Waals surface area (Å²) in [5.41, 5.74) is 10.4. The van der Waals surface area contributed by atoms with Gasteiger partial charge in [-0.3, -0.25) is 0 Å². The minimum atomic E-state index is -1.89. The van der Waals surface area contributed by atoms with Crippen molar-refractivity contribution in [2.75, 3.05) is 0 Å². The predicted molar refractivity (Wildman–Crippen MR) is 236 cm³/mol. The Morgan fingerprint density at radius 1 is 0.719 bits per heavy atom. The zero-order valence-corrected chi connectivity index (χ0v) is 38.5. The molecule has 4 heterocycles. The molecule has 0 saturated heterocycles. The van der Waals surface area contributed by atoms with Crippen molar-refractivity contribution < 1.29 is 24.5 Å². The molecule has 6 heteroatoms. The van der Waals surface area contributed by atoms with E-state index in [1.165, 1.54) is 76.2 Å². The van der Waals surface area contributed by atoms with Gasteiger partial charge in [0.25, 0.3) is 0 Å².